The second kappa shape index (κ2) is 4.39. The van der Waals surface area contributed by atoms with Gasteiger partial charge in [0, 0.05) is 12.1 Å². The molecule has 0 aliphatic carbocycles. The van der Waals surface area contributed by atoms with Crippen LogP contribution in [0.5, 0.6) is 5.75 Å². The number of benzene rings is 1. The lowest BCUT2D eigenvalue weighted by Gasteiger charge is -2.04. The van der Waals surface area contributed by atoms with Gasteiger partial charge in [-0.3, -0.25) is 14.9 Å². The van der Waals surface area contributed by atoms with Crippen LogP contribution in [0.2, 0.25) is 0 Å². The average Bonchev–Trinajstić information content (AvgIpc) is 2.26. The molecule has 7 nitrogen and oxygen atoms in total. The van der Waals surface area contributed by atoms with E-state index in [0.29, 0.717) is 0 Å². The van der Waals surface area contributed by atoms with E-state index in [2.05, 4.69) is 0 Å². The summed E-state index contributed by atoms with van der Waals surface area (Å²) in [7, 11) is 1.24. The van der Waals surface area contributed by atoms with Gasteiger partial charge in [-0.25, -0.2) is 4.79 Å². The summed E-state index contributed by atoms with van der Waals surface area (Å²) in [6, 6.07) is 3.17. The fourth-order valence-electron chi connectivity index (χ4n) is 1.10. The molecule has 0 amide bonds. The first kappa shape index (κ1) is 11.6. The summed E-state index contributed by atoms with van der Waals surface area (Å²) in [5.41, 5.74) is -0.713. The second-order valence-electron chi connectivity index (χ2n) is 2.78. The Morgan fingerprint density at radius 2 is 2.06 bits per heavy atom. The van der Waals surface area contributed by atoms with Gasteiger partial charge >= 0.3 is 5.97 Å². The minimum absolute atomic E-state index is 0.0157. The number of carboxylic acids is 1. The number of aliphatic carboxylic acids is 1. The number of carboxylic acid groups (broad SMARTS) is 1. The number of nitro groups is 1. The predicted octanol–water partition coefficient (Wildman–Crippen LogP) is 0.871. The molecule has 1 aromatic carbocycles. The molecule has 0 bridgehead atoms. The summed E-state index contributed by atoms with van der Waals surface area (Å²) in [5, 5.41) is 19.0. The Bertz CT molecular complexity index is 467. The maximum atomic E-state index is 11.2. The normalized spacial score (nSPS) is 9.56. The van der Waals surface area contributed by atoms with E-state index in [1.54, 1.807) is 0 Å². The average molecular weight is 225 g/mol. The molecule has 0 saturated heterocycles. The molecule has 0 heterocycles. The number of ketones is 1. The zero-order valence-electron chi connectivity index (χ0n) is 8.17. The smallest absolute Gasteiger partial charge is 0.377 e. The summed E-state index contributed by atoms with van der Waals surface area (Å²) in [6.45, 7) is 0. The number of methoxy groups -OCH3 is 1. The number of nitro benzene ring substituents is 1. The van der Waals surface area contributed by atoms with Crippen molar-refractivity contribution in [3.05, 3.63) is 33.9 Å². The highest BCUT2D eigenvalue weighted by Gasteiger charge is 2.22. The van der Waals surface area contributed by atoms with E-state index in [9.17, 15) is 19.7 Å². The van der Waals surface area contributed by atoms with E-state index in [-0.39, 0.29) is 17.0 Å². The Morgan fingerprint density at radius 1 is 1.44 bits per heavy atom. The molecular weight excluding hydrogens is 218 g/mol. The number of non-ortho nitro benzene ring substituents is 1. The summed E-state index contributed by atoms with van der Waals surface area (Å²) < 4.78 is 4.74. The van der Waals surface area contributed by atoms with Gasteiger partial charge in [-0.05, 0) is 6.07 Å². The number of ether oxygens (including phenoxy) is 1. The molecule has 1 aromatic rings. The maximum absolute atomic E-state index is 11.2. The molecule has 0 aromatic heterocycles. The molecule has 0 saturated carbocycles. The van der Waals surface area contributed by atoms with Crippen LogP contribution in [0.3, 0.4) is 0 Å². The highest BCUT2D eigenvalue weighted by atomic mass is 16.6. The van der Waals surface area contributed by atoms with E-state index >= 15 is 0 Å². The number of carbonyl (C=O) groups is 2. The van der Waals surface area contributed by atoms with Crippen molar-refractivity contribution in [1.82, 2.24) is 0 Å². The van der Waals surface area contributed by atoms with Gasteiger partial charge in [0.2, 0.25) is 0 Å². The molecule has 84 valence electrons. The summed E-state index contributed by atoms with van der Waals surface area (Å²) in [5.74, 6) is -2.96. The van der Waals surface area contributed by atoms with Crippen LogP contribution in [0.15, 0.2) is 18.2 Å². The van der Waals surface area contributed by atoms with Gasteiger partial charge in [0.05, 0.1) is 17.6 Å². The number of rotatable bonds is 4. The molecule has 0 aliphatic rings. The largest absolute Gasteiger partial charge is 0.496 e. The molecule has 16 heavy (non-hydrogen) atoms. The van der Waals surface area contributed by atoms with Crippen molar-refractivity contribution in [2.24, 2.45) is 0 Å². The molecule has 1 rings (SSSR count). The Kier molecular flexibility index (Phi) is 3.19. The molecule has 1 N–H and O–H groups in total. The van der Waals surface area contributed by atoms with Crippen molar-refractivity contribution in [3.8, 4) is 5.75 Å². The highest BCUT2D eigenvalue weighted by Crippen LogP contribution is 2.24. The van der Waals surface area contributed by atoms with Crippen molar-refractivity contribution in [2.45, 2.75) is 0 Å². The summed E-state index contributed by atoms with van der Waals surface area (Å²) >= 11 is 0. The first-order valence-corrected chi connectivity index (χ1v) is 4.07. The Hall–Kier alpha value is -2.44. The van der Waals surface area contributed by atoms with Crippen LogP contribution in [0.1, 0.15) is 10.4 Å². The van der Waals surface area contributed by atoms with Gasteiger partial charge in [0.25, 0.3) is 11.5 Å². The highest BCUT2D eigenvalue weighted by molar-refractivity contribution is 6.40. The van der Waals surface area contributed by atoms with Gasteiger partial charge in [-0.1, -0.05) is 0 Å². The van der Waals surface area contributed by atoms with E-state index < -0.39 is 16.7 Å². The SMILES string of the molecule is COc1ccc([N+](=O)[O-])cc1C(=O)C(=O)O. The first-order chi connectivity index (χ1) is 7.47. The van der Waals surface area contributed by atoms with Gasteiger partial charge in [0.15, 0.2) is 0 Å². The lowest BCUT2D eigenvalue weighted by molar-refractivity contribution is -0.384. The standard InChI is InChI=1S/C9H7NO6/c1-16-7-3-2-5(10(14)15)4-6(7)8(11)9(12)13/h2-4H,1H3,(H,12,13). The molecule has 0 atom stereocenters. The number of nitrogens with zero attached hydrogens (tertiary/aromatic N) is 1. The van der Waals surface area contributed by atoms with Crippen LogP contribution in [0.25, 0.3) is 0 Å². The van der Waals surface area contributed by atoms with E-state index in [4.69, 9.17) is 9.84 Å². The molecular formula is C9H7NO6. The zero-order valence-corrected chi connectivity index (χ0v) is 8.17. The summed E-state index contributed by atoms with van der Waals surface area (Å²) in [6.07, 6.45) is 0. The van der Waals surface area contributed by atoms with Gasteiger partial charge in [0.1, 0.15) is 5.75 Å². The number of hydrogen-bond acceptors (Lipinski definition) is 5. The van der Waals surface area contributed by atoms with Gasteiger partial charge < -0.3 is 9.84 Å². The van der Waals surface area contributed by atoms with Crippen molar-refractivity contribution >= 4 is 17.4 Å². The van der Waals surface area contributed by atoms with Crippen LogP contribution < -0.4 is 4.74 Å². The maximum Gasteiger partial charge on any atom is 0.377 e. The molecule has 7 heteroatoms. The molecule has 0 radical (unpaired) electrons. The van der Waals surface area contributed by atoms with Crippen molar-refractivity contribution in [2.75, 3.05) is 7.11 Å². The lowest BCUT2D eigenvalue weighted by atomic mass is 10.1. The topological polar surface area (TPSA) is 107 Å². The van der Waals surface area contributed by atoms with E-state index in [0.717, 1.165) is 12.1 Å². The fourth-order valence-corrected chi connectivity index (χ4v) is 1.10. The monoisotopic (exact) mass is 225 g/mol. The van der Waals surface area contributed by atoms with Crippen LogP contribution in [-0.2, 0) is 4.79 Å². The molecule has 0 fully saturated rings. The second-order valence-corrected chi connectivity index (χ2v) is 2.78. The Morgan fingerprint density at radius 3 is 2.50 bits per heavy atom. The Balaban J connectivity index is 3.33. The van der Waals surface area contributed by atoms with Crippen LogP contribution in [-0.4, -0.2) is 28.9 Å². The fraction of sp³-hybridized carbons (Fsp3) is 0.111. The van der Waals surface area contributed by atoms with Gasteiger partial charge in [-0.2, -0.15) is 0 Å². The van der Waals surface area contributed by atoms with Gasteiger partial charge in [-0.15, -0.1) is 0 Å². The zero-order chi connectivity index (χ0) is 12.3. The third-order valence-corrected chi connectivity index (χ3v) is 1.83. The van der Waals surface area contributed by atoms with Crippen molar-refractivity contribution in [3.63, 3.8) is 0 Å². The minimum atomic E-state index is -1.70. The quantitative estimate of drug-likeness (QED) is 0.352. The third kappa shape index (κ3) is 2.14. The first-order valence-electron chi connectivity index (χ1n) is 4.07. The van der Waals surface area contributed by atoms with Crippen LogP contribution in [0, 0.1) is 10.1 Å². The summed E-state index contributed by atoms with van der Waals surface area (Å²) in [4.78, 5) is 31.4. The van der Waals surface area contributed by atoms with E-state index in [1.165, 1.54) is 13.2 Å². The molecule has 0 spiro atoms. The molecule has 0 unspecified atom stereocenters. The Labute approximate surface area is 89.4 Å². The van der Waals surface area contributed by atoms with Crippen molar-refractivity contribution < 1.29 is 24.4 Å². The van der Waals surface area contributed by atoms with Crippen LogP contribution >= 0.6 is 0 Å². The predicted molar refractivity (Wildman–Crippen MR) is 51.6 cm³/mol. The number of hydrogen-bond donors (Lipinski definition) is 1. The number of carbonyl (C=O) groups excluding carboxylic acids is 1. The van der Waals surface area contributed by atoms with Crippen LogP contribution in [0.4, 0.5) is 5.69 Å². The lowest BCUT2D eigenvalue weighted by Crippen LogP contribution is -2.14. The van der Waals surface area contributed by atoms with E-state index in [1.807, 2.05) is 0 Å². The van der Waals surface area contributed by atoms with Crippen molar-refractivity contribution in [1.29, 1.82) is 0 Å². The molecule has 0 aliphatic heterocycles. The minimum Gasteiger partial charge on any atom is -0.496 e. The third-order valence-electron chi connectivity index (χ3n) is 1.83. The number of Topliss-reactive ketones (excluding diaryl/α,β-unsaturated/α-hetero) is 1.